The first kappa shape index (κ1) is 11.4. The molecule has 3 nitrogen and oxygen atoms in total. The fraction of sp³-hybridized carbons (Fsp3) is 0.700. The molecule has 0 unspecified atom stereocenters. The highest BCUT2D eigenvalue weighted by Gasteiger charge is 2.42. The lowest BCUT2D eigenvalue weighted by atomic mass is 9.90. The van der Waals surface area contributed by atoms with Gasteiger partial charge in [-0.05, 0) is 25.5 Å². The summed E-state index contributed by atoms with van der Waals surface area (Å²) in [7, 11) is 1.74. The second-order valence-electron chi connectivity index (χ2n) is 4.15. The van der Waals surface area contributed by atoms with E-state index in [0.717, 1.165) is 5.69 Å². The van der Waals surface area contributed by atoms with Crippen LogP contribution in [0.1, 0.15) is 24.6 Å². The lowest BCUT2D eigenvalue weighted by Crippen LogP contribution is -2.38. The summed E-state index contributed by atoms with van der Waals surface area (Å²) in [5, 5.41) is 7.08. The Morgan fingerprint density at radius 3 is 2.81 bits per heavy atom. The van der Waals surface area contributed by atoms with E-state index in [9.17, 15) is 13.2 Å². The van der Waals surface area contributed by atoms with Gasteiger partial charge in [0, 0.05) is 19.3 Å². The van der Waals surface area contributed by atoms with Crippen LogP contribution < -0.4 is 5.32 Å². The minimum Gasteiger partial charge on any atom is -0.309 e. The molecule has 1 fully saturated rings. The smallest absolute Gasteiger partial charge is 0.309 e. The molecule has 2 atom stereocenters. The Hall–Kier alpha value is -1.04. The van der Waals surface area contributed by atoms with E-state index in [1.807, 2.05) is 0 Å². The lowest BCUT2D eigenvalue weighted by molar-refractivity contribution is -0.183. The molecule has 1 aromatic rings. The first-order chi connectivity index (χ1) is 7.48. The van der Waals surface area contributed by atoms with Gasteiger partial charge in [0.05, 0.1) is 11.6 Å². The first-order valence-electron chi connectivity index (χ1n) is 5.26. The van der Waals surface area contributed by atoms with Gasteiger partial charge in [-0.1, -0.05) is 0 Å². The van der Waals surface area contributed by atoms with Gasteiger partial charge >= 0.3 is 6.18 Å². The highest BCUT2D eigenvalue weighted by Crippen LogP contribution is 2.37. The SMILES string of the molecule is Cn1nccc1[C@H]1C[C@@H](C(F)(F)F)CCN1. The van der Waals surface area contributed by atoms with Gasteiger partial charge in [-0.25, -0.2) is 0 Å². The number of piperidine rings is 1. The van der Waals surface area contributed by atoms with E-state index in [-0.39, 0.29) is 18.9 Å². The lowest BCUT2D eigenvalue weighted by Gasteiger charge is -2.31. The first-order valence-corrected chi connectivity index (χ1v) is 5.26. The van der Waals surface area contributed by atoms with E-state index in [4.69, 9.17) is 0 Å². The second kappa shape index (κ2) is 4.08. The highest BCUT2D eigenvalue weighted by atomic mass is 19.4. The van der Waals surface area contributed by atoms with Gasteiger partial charge in [0.1, 0.15) is 0 Å². The number of hydrogen-bond acceptors (Lipinski definition) is 2. The molecule has 2 heterocycles. The third-order valence-electron chi connectivity index (χ3n) is 3.08. The van der Waals surface area contributed by atoms with E-state index in [1.54, 1.807) is 24.0 Å². The molecule has 1 aliphatic rings. The van der Waals surface area contributed by atoms with Crippen LogP contribution in [0, 0.1) is 5.92 Å². The number of alkyl halides is 3. The Balaban J connectivity index is 2.11. The van der Waals surface area contributed by atoms with Gasteiger partial charge < -0.3 is 5.32 Å². The maximum atomic E-state index is 12.6. The van der Waals surface area contributed by atoms with Gasteiger partial charge in [-0.2, -0.15) is 18.3 Å². The van der Waals surface area contributed by atoms with Gasteiger partial charge in [0.15, 0.2) is 0 Å². The summed E-state index contributed by atoms with van der Waals surface area (Å²) >= 11 is 0. The number of hydrogen-bond donors (Lipinski definition) is 1. The molecule has 90 valence electrons. The summed E-state index contributed by atoms with van der Waals surface area (Å²) in [6, 6.07) is 1.52. The van der Waals surface area contributed by atoms with Crippen LogP contribution in [0.4, 0.5) is 13.2 Å². The van der Waals surface area contributed by atoms with Gasteiger partial charge in [0.2, 0.25) is 0 Å². The fourth-order valence-corrected chi connectivity index (χ4v) is 2.17. The summed E-state index contributed by atoms with van der Waals surface area (Å²) in [5.74, 6) is -1.20. The van der Waals surface area contributed by atoms with Crippen molar-refractivity contribution in [3.63, 3.8) is 0 Å². The summed E-state index contributed by atoms with van der Waals surface area (Å²) < 4.78 is 39.4. The van der Waals surface area contributed by atoms with E-state index in [1.165, 1.54) is 0 Å². The van der Waals surface area contributed by atoms with E-state index >= 15 is 0 Å². The van der Waals surface area contributed by atoms with Crippen molar-refractivity contribution in [3.8, 4) is 0 Å². The largest absolute Gasteiger partial charge is 0.391 e. The monoisotopic (exact) mass is 233 g/mol. The molecule has 0 radical (unpaired) electrons. The topological polar surface area (TPSA) is 29.9 Å². The van der Waals surface area contributed by atoms with E-state index < -0.39 is 12.1 Å². The van der Waals surface area contributed by atoms with Gasteiger partial charge in [-0.3, -0.25) is 4.68 Å². The molecule has 6 heteroatoms. The summed E-state index contributed by atoms with van der Waals surface area (Å²) in [6.45, 7) is 0.403. The zero-order chi connectivity index (χ0) is 11.8. The van der Waals surface area contributed by atoms with Crippen LogP contribution in [0.15, 0.2) is 12.3 Å². The minimum absolute atomic E-state index is 0.100. The van der Waals surface area contributed by atoms with Crippen molar-refractivity contribution in [2.45, 2.75) is 25.1 Å². The average molecular weight is 233 g/mol. The van der Waals surface area contributed by atoms with E-state index in [2.05, 4.69) is 10.4 Å². The second-order valence-corrected chi connectivity index (χ2v) is 4.15. The molecular formula is C10H14F3N3. The fourth-order valence-electron chi connectivity index (χ4n) is 2.17. The van der Waals surface area contributed by atoms with Crippen molar-refractivity contribution < 1.29 is 13.2 Å². The Labute approximate surface area is 91.6 Å². The number of aromatic nitrogens is 2. The maximum Gasteiger partial charge on any atom is 0.391 e. The molecule has 0 aromatic carbocycles. The van der Waals surface area contributed by atoms with Crippen LogP contribution in [0.5, 0.6) is 0 Å². The van der Waals surface area contributed by atoms with Crippen LogP contribution >= 0.6 is 0 Å². The number of aryl methyl sites for hydroxylation is 1. The van der Waals surface area contributed by atoms with Gasteiger partial charge in [-0.15, -0.1) is 0 Å². The minimum atomic E-state index is -4.08. The highest BCUT2D eigenvalue weighted by molar-refractivity contribution is 5.08. The maximum absolute atomic E-state index is 12.6. The number of nitrogens with one attached hydrogen (secondary N) is 1. The zero-order valence-electron chi connectivity index (χ0n) is 8.96. The van der Waals surface area contributed by atoms with Crippen molar-refractivity contribution in [3.05, 3.63) is 18.0 Å². The molecule has 0 spiro atoms. The standard InChI is InChI=1S/C10H14F3N3/c1-16-9(3-5-15-16)8-6-7(2-4-14-8)10(11,12)13/h3,5,7-8,14H,2,4,6H2,1H3/t7-,8+/m0/s1. The van der Waals surface area contributed by atoms with Crippen molar-refractivity contribution >= 4 is 0 Å². The molecular weight excluding hydrogens is 219 g/mol. The quantitative estimate of drug-likeness (QED) is 0.804. The Morgan fingerprint density at radius 1 is 1.50 bits per heavy atom. The van der Waals surface area contributed by atoms with Crippen LogP contribution in [-0.2, 0) is 7.05 Å². The van der Waals surface area contributed by atoms with Crippen LogP contribution in [0.2, 0.25) is 0 Å². The molecule has 1 saturated heterocycles. The molecule has 1 aliphatic heterocycles. The summed E-state index contributed by atoms with van der Waals surface area (Å²) in [6.07, 6.45) is -2.21. The van der Waals surface area contributed by atoms with Crippen molar-refractivity contribution in [2.75, 3.05) is 6.54 Å². The number of rotatable bonds is 1. The molecule has 0 aliphatic carbocycles. The molecule has 16 heavy (non-hydrogen) atoms. The van der Waals surface area contributed by atoms with Crippen molar-refractivity contribution in [2.24, 2.45) is 13.0 Å². The summed E-state index contributed by atoms with van der Waals surface area (Å²) in [4.78, 5) is 0. The zero-order valence-corrected chi connectivity index (χ0v) is 8.96. The van der Waals surface area contributed by atoms with E-state index in [0.29, 0.717) is 6.54 Å². The van der Waals surface area contributed by atoms with Crippen LogP contribution in [0.3, 0.4) is 0 Å². The molecule has 2 rings (SSSR count). The predicted molar refractivity (Wildman–Crippen MR) is 52.7 cm³/mol. The molecule has 0 amide bonds. The average Bonchev–Trinajstić information content (AvgIpc) is 2.63. The Morgan fingerprint density at radius 2 is 2.25 bits per heavy atom. The number of halogens is 3. The normalized spacial score (nSPS) is 27.0. The Kier molecular flexibility index (Phi) is 2.92. The Bertz CT molecular complexity index is 358. The van der Waals surface area contributed by atoms with Crippen LogP contribution in [0.25, 0.3) is 0 Å². The number of nitrogens with zero attached hydrogens (tertiary/aromatic N) is 2. The van der Waals surface area contributed by atoms with Crippen molar-refractivity contribution in [1.82, 2.24) is 15.1 Å². The van der Waals surface area contributed by atoms with Gasteiger partial charge in [0.25, 0.3) is 0 Å². The molecule has 1 N–H and O–H groups in total. The molecule has 0 bridgehead atoms. The molecule has 1 aromatic heterocycles. The van der Waals surface area contributed by atoms with Crippen molar-refractivity contribution in [1.29, 1.82) is 0 Å². The third-order valence-corrected chi connectivity index (χ3v) is 3.08. The summed E-state index contributed by atoms with van der Waals surface area (Å²) in [5.41, 5.74) is 0.814. The predicted octanol–water partition coefficient (Wildman–Crippen LogP) is 2.02. The molecule has 0 saturated carbocycles. The van der Waals surface area contributed by atoms with Crippen LogP contribution in [-0.4, -0.2) is 22.5 Å². The third kappa shape index (κ3) is 2.21.